The molecule has 0 aliphatic heterocycles. The van der Waals surface area contributed by atoms with Crippen molar-refractivity contribution in [2.24, 2.45) is 0 Å². The average molecular weight is 212 g/mol. The SMILES string of the molecule is COC(=O)/C(C#N)=C/c1ccc(Cl)o1. The highest BCUT2D eigenvalue weighted by molar-refractivity contribution is 6.28. The molecule has 72 valence electrons. The van der Waals surface area contributed by atoms with Crippen molar-refractivity contribution in [3.8, 4) is 6.07 Å². The van der Waals surface area contributed by atoms with Crippen LogP contribution in [0.3, 0.4) is 0 Å². The predicted octanol–water partition coefficient (Wildman–Crippen LogP) is 2.01. The Hall–Kier alpha value is -1.73. The number of hydrogen-bond acceptors (Lipinski definition) is 4. The third-order valence-corrected chi connectivity index (χ3v) is 1.61. The summed E-state index contributed by atoms with van der Waals surface area (Å²) in [6.45, 7) is 0. The lowest BCUT2D eigenvalue weighted by Gasteiger charge is -1.93. The lowest BCUT2D eigenvalue weighted by atomic mass is 10.2. The Morgan fingerprint density at radius 1 is 1.71 bits per heavy atom. The van der Waals surface area contributed by atoms with Gasteiger partial charge in [-0.15, -0.1) is 0 Å². The topological polar surface area (TPSA) is 63.2 Å². The van der Waals surface area contributed by atoms with Gasteiger partial charge in [0.25, 0.3) is 0 Å². The van der Waals surface area contributed by atoms with Gasteiger partial charge in [-0.25, -0.2) is 4.79 Å². The molecule has 0 unspecified atom stereocenters. The lowest BCUT2D eigenvalue weighted by molar-refractivity contribution is -0.135. The molecule has 1 heterocycles. The van der Waals surface area contributed by atoms with Gasteiger partial charge in [0, 0.05) is 6.08 Å². The van der Waals surface area contributed by atoms with E-state index in [0.29, 0.717) is 5.76 Å². The number of rotatable bonds is 2. The Bertz CT molecular complexity index is 414. The van der Waals surface area contributed by atoms with E-state index < -0.39 is 5.97 Å². The summed E-state index contributed by atoms with van der Waals surface area (Å²) in [7, 11) is 1.20. The number of nitrogens with zero attached hydrogens (tertiary/aromatic N) is 1. The van der Waals surface area contributed by atoms with E-state index in [1.165, 1.54) is 19.3 Å². The molecule has 4 nitrogen and oxygen atoms in total. The number of ether oxygens (including phenoxy) is 1. The van der Waals surface area contributed by atoms with Gasteiger partial charge in [0.1, 0.15) is 17.4 Å². The van der Waals surface area contributed by atoms with Gasteiger partial charge in [-0.2, -0.15) is 5.26 Å². The van der Waals surface area contributed by atoms with Crippen LogP contribution >= 0.6 is 11.6 Å². The van der Waals surface area contributed by atoms with Gasteiger partial charge in [-0.3, -0.25) is 0 Å². The van der Waals surface area contributed by atoms with Crippen molar-refractivity contribution >= 4 is 23.6 Å². The summed E-state index contributed by atoms with van der Waals surface area (Å²) in [5.41, 5.74) is -0.140. The fraction of sp³-hybridized carbons (Fsp3) is 0.111. The third-order valence-electron chi connectivity index (χ3n) is 1.41. The second kappa shape index (κ2) is 4.49. The number of halogens is 1. The second-order valence-corrected chi connectivity index (χ2v) is 2.68. The zero-order valence-electron chi connectivity index (χ0n) is 7.28. The minimum absolute atomic E-state index is 0.140. The molecular formula is C9H6ClNO3. The largest absolute Gasteiger partial charge is 0.465 e. The van der Waals surface area contributed by atoms with Gasteiger partial charge in [0.05, 0.1) is 7.11 Å². The molecule has 0 aliphatic rings. The Morgan fingerprint density at radius 3 is 2.86 bits per heavy atom. The average Bonchev–Trinajstić information content (AvgIpc) is 2.59. The van der Waals surface area contributed by atoms with Crippen LogP contribution in [0.25, 0.3) is 6.08 Å². The van der Waals surface area contributed by atoms with Crippen molar-refractivity contribution in [3.63, 3.8) is 0 Å². The van der Waals surface area contributed by atoms with E-state index >= 15 is 0 Å². The number of methoxy groups -OCH3 is 1. The predicted molar refractivity (Wildman–Crippen MR) is 49.3 cm³/mol. The molecule has 0 spiro atoms. The highest BCUT2D eigenvalue weighted by atomic mass is 35.5. The molecule has 1 aromatic rings. The number of carbonyl (C=O) groups is 1. The van der Waals surface area contributed by atoms with Crippen molar-refractivity contribution in [1.29, 1.82) is 5.26 Å². The molecule has 0 N–H and O–H groups in total. The number of furan rings is 1. The van der Waals surface area contributed by atoms with E-state index in [9.17, 15) is 4.79 Å². The molecule has 14 heavy (non-hydrogen) atoms. The minimum atomic E-state index is -0.708. The fourth-order valence-corrected chi connectivity index (χ4v) is 0.947. The van der Waals surface area contributed by atoms with Gasteiger partial charge in [0.15, 0.2) is 5.22 Å². The summed E-state index contributed by atoms with van der Waals surface area (Å²) >= 11 is 5.51. The molecule has 0 aromatic carbocycles. The monoisotopic (exact) mass is 211 g/mol. The highest BCUT2D eigenvalue weighted by Gasteiger charge is 2.09. The maximum Gasteiger partial charge on any atom is 0.348 e. The van der Waals surface area contributed by atoms with E-state index in [1.807, 2.05) is 0 Å². The third kappa shape index (κ3) is 2.38. The van der Waals surface area contributed by atoms with Crippen LogP contribution in [0.4, 0.5) is 0 Å². The van der Waals surface area contributed by atoms with Crippen LogP contribution in [0.2, 0.25) is 5.22 Å². The zero-order chi connectivity index (χ0) is 10.6. The molecule has 0 fully saturated rings. The van der Waals surface area contributed by atoms with Gasteiger partial charge < -0.3 is 9.15 Å². The molecule has 0 atom stereocenters. The van der Waals surface area contributed by atoms with Gasteiger partial charge in [-0.1, -0.05) is 0 Å². The standard InChI is InChI=1S/C9H6ClNO3/c1-13-9(12)6(5-11)4-7-2-3-8(10)14-7/h2-4H,1H3/b6-4+. The first-order chi connectivity index (χ1) is 6.67. The van der Waals surface area contributed by atoms with Crippen molar-refractivity contribution < 1.29 is 13.9 Å². The summed E-state index contributed by atoms with van der Waals surface area (Å²) in [5, 5.41) is 8.79. The summed E-state index contributed by atoms with van der Waals surface area (Å²) < 4.78 is 9.32. The molecule has 0 radical (unpaired) electrons. The fourth-order valence-electron chi connectivity index (χ4n) is 0.795. The number of esters is 1. The Labute approximate surface area is 85.3 Å². The molecule has 0 bridgehead atoms. The molecule has 1 rings (SSSR count). The quantitative estimate of drug-likeness (QED) is 0.427. The highest BCUT2D eigenvalue weighted by Crippen LogP contribution is 2.16. The number of hydrogen-bond donors (Lipinski definition) is 0. The van der Waals surface area contributed by atoms with Crippen LogP contribution in [0, 0.1) is 11.3 Å². The van der Waals surface area contributed by atoms with Gasteiger partial charge in [-0.05, 0) is 23.7 Å². The van der Waals surface area contributed by atoms with Crippen LogP contribution < -0.4 is 0 Å². The molecule has 0 saturated carbocycles. The number of carbonyl (C=O) groups excluding carboxylic acids is 1. The van der Waals surface area contributed by atoms with Crippen LogP contribution in [-0.4, -0.2) is 13.1 Å². The van der Waals surface area contributed by atoms with Crippen molar-refractivity contribution in [3.05, 3.63) is 28.7 Å². The minimum Gasteiger partial charge on any atom is -0.465 e. The maximum atomic E-state index is 11.0. The molecule has 0 saturated heterocycles. The number of nitriles is 1. The van der Waals surface area contributed by atoms with E-state index in [4.69, 9.17) is 21.3 Å². The molecule has 0 aliphatic carbocycles. The van der Waals surface area contributed by atoms with E-state index in [1.54, 1.807) is 12.1 Å². The first kappa shape index (κ1) is 10.4. The maximum absolute atomic E-state index is 11.0. The van der Waals surface area contributed by atoms with Crippen LogP contribution in [0.5, 0.6) is 0 Å². The summed E-state index contributed by atoms with van der Waals surface area (Å²) in [4.78, 5) is 11.0. The Kier molecular flexibility index (Phi) is 3.32. The molecule has 5 heteroatoms. The first-order valence-electron chi connectivity index (χ1n) is 3.63. The van der Waals surface area contributed by atoms with Crippen molar-refractivity contribution in [1.82, 2.24) is 0 Å². The first-order valence-corrected chi connectivity index (χ1v) is 4.00. The summed E-state index contributed by atoms with van der Waals surface area (Å²) in [6, 6.07) is 4.75. The van der Waals surface area contributed by atoms with E-state index in [-0.39, 0.29) is 10.8 Å². The Morgan fingerprint density at radius 2 is 2.43 bits per heavy atom. The van der Waals surface area contributed by atoms with Crippen LogP contribution in [0.15, 0.2) is 22.1 Å². The summed E-state index contributed by atoms with van der Waals surface area (Å²) in [5.74, 6) is -0.378. The normalized spacial score (nSPS) is 10.8. The lowest BCUT2D eigenvalue weighted by Crippen LogP contribution is -2.02. The van der Waals surface area contributed by atoms with Crippen molar-refractivity contribution in [2.45, 2.75) is 0 Å². The molecule has 0 amide bonds. The van der Waals surface area contributed by atoms with E-state index in [2.05, 4.69) is 4.74 Å². The van der Waals surface area contributed by atoms with E-state index in [0.717, 1.165) is 0 Å². The Balaban J connectivity index is 2.96. The molecular weight excluding hydrogens is 206 g/mol. The van der Waals surface area contributed by atoms with Crippen LogP contribution in [0.1, 0.15) is 5.76 Å². The van der Waals surface area contributed by atoms with Crippen molar-refractivity contribution in [2.75, 3.05) is 7.11 Å². The smallest absolute Gasteiger partial charge is 0.348 e. The second-order valence-electron chi connectivity index (χ2n) is 2.30. The molecule has 1 aromatic heterocycles. The van der Waals surface area contributed by atoms with Gasteiger partial charge >= 0.3 is 5.97 Å². The van der Waals surface area contributed by atoms with Gasteiger partial charge in [0.2, 0.25) is 0 Å². The van der Waals surface area contributed by atoms with Crippen LogP contribution in [-0.2, 0) is 9.53 Å². The summed E-state index contributed by atoms with van der Waals surface area (Å²) in [6.07, 6.45) is 1.26. The zero-order valence-corrected chi connectivity index (χ0v) is 8.04.